The molecule has 88 valence electrons. The highest BCUT2D eigenvalue weighted by Gasteiger charge is 1.92. The van der Waals surface area contributed by atoms with Crippen LogP contribution in [0.3, 0.4) is 0 Å². The van der Waals surface area contributed by atoms with Crippen molar-refractivity contribution in [2.45, 2.75) is 0 Å². The Morgan fingerprint density at radius 2 is 1.78 bits per heavy atom. The molecule has 0 aliphatic heterocycles. The van der Waals surface area contributed by atoms with Gasteiger partial charge in [-0.3, -0.25) is 4.79 Å². The molecule has 0 atom stereocenters. The summed E-state index contributed by atoms with van der Waals surface area (Å²) in [7, 11) is 0. The Labute approximate surface area is 104 Å². The average molecular weight is 238 g/mol. The van der Waals surface area contributed by atoms with Crippen molar-refractivity contribution in [2.75, 3.05) is 0 Å². The molecule has 0 aliphatic carbocycles. The molecule has 5 nitrogen and oxygen atoms in total. The van der Waals surface area contributed by atoms with E-state index in [-0.39, 0.29) is 5.78 Å². The number of hydrogen-bond donors (Lipinski definition) is 0. The summed E-state index contributed by atoms with van der Waals surface area (Å²) in [5.41, 5.74) is 0.683. The van der Waals surface area contributed by atoms with Crippen LogP contribution in [0.2, 0.25) is 0 Å². The first-order valence-electron chi connectivity index (χ1n) is 5.28. The first-order valence-corrected chi connectivity index (χ1v) is 5.28. The Morgan fingerprint density at radius 3 is 2.50 bits per heavy atom. The van der Waals surface area contributed by atoms with Gasteiger partial charge in [-0.05, 0) is 36.4 Å². The molecular weight excluding hydrogens is 228 g/mol. The summed E-state index contributed by atoms with van der Waals surface area (Å²) in [6.45, 7) is 0. The Hall–Kier alpha value is -2.69. The first-order chi connectivity index (χ1) is 8.84. The summed E-state index contributed by atoms with van der Waals surface area (Å²) in [5, 5.41) is 0. The van der Waals surface area contributed by atoms with Crippen molar-refractivity contribution in [3.63, 3.8) is 0 Å². The lowest BCUT2D eigenvalue weighted by Crippen LogP contribution is -1.88. The zero-order valence-corrected chi connectivity index (χ0v) is 9.47. The molecule has 0 spiro atoms. The van der Waals surface area contributed by atoms with Gasteiger partial charge in [0.25, 0.3) is 0 Å². The molecule has 0 saturated carbocycles. The van der Waals surface area contributed by atoms with Crippen LogP contribution in [0.25, 0.3) is 12.2 Å². The van der Waals surface area contributed by atoms with E-state index in [1.807, 2.05) is 0 Å². The van der Waals surface area contributed by atoms with Crippen LogP contribution in [0.4, 0.5) is 0 Å². The molecule has 0 amide bonds. The number of ketones is 1. The number of carbonyl (C=O) groups is 1. The van der Waals surface area contributed by atoms with E-state index in [2.05, 4.69) is 19.9 Å². The lowest BCUT2D eigenvalue weighted by atomic mass is 10.3. The van der Waals surface area contributed by atoms with E-state index in [4.69, 9.17) is 0 Å². The monoisotopic (exact) mass is 238 g/mol. The normalized spacial score (nSPS) is 11.1. The molecule has 0 N–H and O–H groups in total. The topological polar surface area (TPSA) is 68.6 Å². The Balaban J connectivity index is 1.97. The van der Waals surface area contributed by atoms with Crippen molar-refractivity contribution in [2.24, 2.45) is 0 Å². The van der Waals surface area contributed by atoms with Gasteiger partial charge in [0.05, 0.1) is 5.69 Å². The van der Waals surface area contributed by atoms with E-state index >= 15 is 0 Å². The second-order valence-corrected chi connectivity index (χ2v) is 3.31. The molecule has 0 saturated heterocycles. The van der Waals surface area contributed by atoms with E-state index in [9.17, 15) is 4.79 Å². The maximum absolute atomic E-state index is 11.5. The van der Waals surface area contributed by atoms with Crippen LogP contribution in [0.15, 0.2) is 49.2 Å². The molecule has 2 aromatic heterocycles. The summed E-state index contributed by atoms with van der Waals surface area (Å²) in [6.07, 6.45) is 12.3. The third kappa shape index (κ3) is 3.71. The summed E-state index contributed by atoms with van der Waals surface area (Å²) in [6, 6.07) is 3.43. The van der Waals surface area contributed by atoms with Crippen LogP contribution >= 0.6 is 0 Å². The van der Waals surface area contributed by atoms with Crippen LogP contribution in [0, 0.1) is 0 Å². The molecule has 2 aromatic rings. The number of aromatic nitrogens is 4. The lowest BCUT2D eigenvalue weighted by molar-refractivity contribution is -0.110. The first kappa shape index (κ1) is 11.8. The van der Waals surface area contributed by atoms with E-state index < -0.39 is 0 Å². The molecule has 2 heterocycles. The molecular formula is C13H10N4O. The Morgan fingerprint density at radius 1 is 1.00 bits per heavy atom. The zero-order chi connectivity index (χ0) is 12.6. The maximum atomic E-state index is 11.5. The fourth-order valence-electron chi connectivity index (χ4n) is 1.18. The predicted octanol–water partition coefficient (Wildman–Crippen LogP) is 1.56. The van der Waals surface area contributed by atoms with Crippen molar-refractivity contribution >= 4 is 17.9 Å². The molecule has 0 fully saturated rings. The van der Waals surface area contributed by atoms with Crippen LogP contribution in [0.5, 0.6) is 0 Å². The standard InChI is InChI=1S/C13H10N4O/c18-12(3-2-11-6-9-14-10-17-11)4-5-13-15-7-1-8-16-13/h1-10H/b3-2+,5-4+. The van der Waals surface area contributed by atoms with Gasteiger partial charge in [0.2, 0.25) is 0 Å². The highest BCUT2D eigenvalue weighted by atomic mass is 16.1. The van der Waals surface area contributed by atoms with Gasteiger partial charge in [-0.25, -0.2) is 19.9 Å². The smallest absolute Gasteiger partial charge is 0.178 e. The van der Waals surface area contributed by atoms with Gasteiger partial charge in [0, 0.05) is 18.6 Å². The van der Waals surface area contributed by atoms with E-state index in [1.165, 1.54) is 18.5 Å². The van der Waals surface area contributed by atoms with Crippen molar-refractivity contribution in [1.82, 2.24) is 19.9 Å². The fraction of sp³-hybridized carbons (Fsp3) is 0. The largest absolute Gasteiger partial charge is 0.290 e. The van der Waals surface area contributed by atoms with Crippen LogP contribution < -0.4 is 0 Å². The van der Waals surface area contributed by atoms with Gasteiger partial charge < -0.3 is 0 Å². The van der Waals surface area contributed by atoms with Crippen molar-refractivity contribution < 1.29 is 4.79 Å². The lowest BCUT2D eigenvalue weighted by Gasteiger charge is -1.89. The van der Waals surface area contributed by atoms with Crippen LogP contribution in [-0.4, -0.2) is 25.7 Å². The molecule has 0 aliphatic rings. The summed E-state index contributed by atoms with van der Waals surface area (Å²) in [5.74, 6) is 0.349. The summed E-state index contributed by atoms with van der Waals surface area (Å²) < 4.78 is 0. The van der Waals surface area contributed by atoms with Crippen molar-refractivity contribution in [1.29, 1.82) is 0 Å². The second kappa shape index (κ2) is 6.15. The minimum atomic E-state index is -0.152. The SMILES string of the molecule is O=C(/C=C/c1ccncn1)/C=C/c1ncccn1. The van der Waals surface area contributed by atoms with Gasteiger partial charge in [-0.15, -0.1) is 0 Å². The predicted molar refractivity (Wildman–Crippen MR) is 67.1 cm³/mol. The van der Waals surface area contributed by atoms with Gasteiger partial charge >= 0.3 is 0 Å². The van der Waals surface area contributed by atoms with Gasteiger partial charge in [-0.2, -0.15) is 0 Å². The van der Waals surface area contributed by atoms with E-state index in [0.717, 1.165) is 0 Å². The summed E-state index contributed by atoms with van der Waals surface area (Å²) >= 11 is 0. The zero-order valence-electron chi connectivity index (χ0n) is 9.47. The van der Waals surface area contributed by atoms with E-state index in [1.54, 1.807) is 42.9 Å². The van der Waals surface area contributed by atoms with Gasteiger partial charge in [0.1, 0.15) is 6.33 Å². The quantitative estimate of drug-likeness (QED) is 0.756. The maximum Gasteiger partial charge on any atom is 0.178 e. The van der Waals surface area contributed by atoms with E-state index in [0.29, 0.717) is 11.5 Å². The number of nitrogens with zero attached hydrogens (tertiary/aromatic N) is 4. The average Bonchev–Trinajstić information content (AvgIpc) is 2.45. The molecule has 0 aromatic carbocycles. The highest BCUT2D eigenvalue weighted by molar-refractivity contribution is 6.04. The minimum absolute atomic E-state index is 0.152. The highest BCUT2D eigenvalue weighted by Crippen LogP contribution is 1.97. The number of allylic oxidation sites excluding steroid dienone is 2. The summed E-state index contributed by atoms with van der Waals surface area (Å²) in [4.78, 5) is 27.2. The molecule has 0 unspecified atom stereocenters. The molecule has 2 rings (SSSR count). The second-order valence-electron chi connectivity index (χ2n) is 3.31. The van der Waals surface area contributed by atoms with Crippen molar-refractivity contribution in [3.8, 4) is 0 Å². The molecule has 0 bridgehead atoms. The third-order valence-corrected chi connectivity index (χ3v) is 2.01. The molecule has 5 heteroatoms. The Kier molecular flexibility index (Phi) is 4.02. The van der Waals surface area contributed by atoms with Gasteiger partial charge in [-0.1, -0.05) is 0 Å². The Bertz CT molecular complexity index is 513. The number of hydrogen-bond acceptors (Lipinski definition) is 5. The fourth-order valence-corrected chi connectivity index (χ4v) is 1.18. The molecule has 18 heavy (non-hydrogen) atoms. The third-order valence-electron chi connectivity index (χ3n) is 2.01. The van der Waals surface area contributed by atoms with Crippen LogP contribution in [-0.2, 0) is 4.79 Å². The minimum Gasteiger partial charge on any atom is -0.290 e. The molecule has 0 radical (unpaired) electrons. The van der Waals surface area contributed by atoms with Crippen molar-refractivity contribution in [3.05, 3.63) is 60.7 Å². The number of carbonyl (C=O) groups excluding carboxylic acids is 1. The van der Waals surface area contributed by atoms with Gasteiger partial charge in [0.15, 0.2) is 11.6 Å². The van der Waals surface area contributed by atoms with Crippen LogP contribution in [0.1, 0.15) is 11.5 Å². The number of rotatable bonds is 4.